The Balaban J connectivity index is 1.24. The molecule has 1 aliphatic heterocycles. The lowest BCUT2D eigenvalue weighted by Gasteiger charge is -2.22. The molecular formula is C29H26N2O5. The first-order valence-corrected chi connectivity index (χ1v) is 11.7. The molecule has 0 bridgehead atoms. The first kappa shape index (κ1) is 23.2. The van der Waals surface area contributed by atoms with E-state index in [0.717, 1.165) is 27.9 Å². The summed E-state index contributed by atoms with van der Waals surface area (Å²) in [4.78, 5) is 27.4. The molecule has 2 heterocycles. The van der Waals surface area contributed by atoms with E-state index in [2.05, 4.69) is 5.32 Å². The maximum absolute atomic E-state index is 13.2. The molecule has 7 heteroatoms. The molecule has 0 radical (unpaired) electrons. The SMILES string of the molecule is Cc1ccc(CN(C(=O)c2ccco2)c2ccc(CC(=O)NCc3ccc4c(c3)OCO4)cc2)cc1. The zero-order chi connectivity index (χ0) is 24.9. The summed E-state index contributed by atoms with van der Waals surface area (Å²) in [7, 11) is 0. The predicted molar refractivity (Wildman–Crippen MR) is 135 cm³/mol. The van der Waals surface area contributed by atoms with Crippen molar-refractivity contribution in [3.05, 3.63) is 113 Å². The van der Waals surface area contributed by atoms with Crippen LogP contribution in [0.1, 0.15) is 32.8 Å². The number of fused-ring (bicyclic) bond motifs is 1. The lowest BCUT2D eigenvalue weighted by atomic mass is 10.1. The number of anilines is 1. The van der Waals surface area contributed by atoms with Gasteiger partial charge in [0.2, 0.25) is 12.7 Å². The minimum absolute atomic E-state index is 0.0939. The molecule has 0 unspecified atom stereocenters. The third-order valence-corrected chi connectivity index (χ3v) is 5.98. The van der Waals surface area contributed by atoms with E-state index in [1.807, 2.05) is 73.7 Å². The molecule has 2 amide bonds. The summed E-state index contributed by atoms with van der Waals surface area (Å²) in [5.41, 5.74) is 4.67. The first-order valence-electron chi connectivity index (χ1n) is 11.7. The largest absolute Gasteiger partial charge is 0.459 e. The number of nitrogens with one attached hydrogen (secondary N) is 1. The van der Waals surface area contributed by atoms with E-state index in [0.29, 0.717) is 24.6 Å². The molecule has 182 valence electrons. The van der Waals surface area contributed by atoms with Crippen molar-refractivity contribution < 1.29 is 23.5 Å². The van der Waals surface area contributed by atoms with Gasteiger partial charge in [0.15, 0.2) is 17.3 Å². The minimum Gasteiger partial charge on any atom is -0.459 e. The number of carbonyl (C=O) groups excluding carboxylic acids is 2. The van der Waals surface area contributed by atoms with Crippen LogP contribution in [0.15, 0.2) is 89.5 Å². The van der Waals surface area contributed by atoms with Crippen molar-refractivity contribution >= 4 is 17.5 Å². The van der Waals surface area contributed by atoms with Gasteiger partial charge in [-0.1, -0.05) is 48.0 Å². The van der Waals surface area contributed by atoms with Crippen LogP contribution in [0.2, 0.25) is 0 Å². The van der Waals surface area contributed by atoms with E-state index in [-0.39, 0.29) is 30.8 Å². The summed E-state index contributed by atoms with van der Waals surface area (Å²) in [6.45, 7) is 3.04. The van der Waals surface area contributed by atoms with E-state index in [4.69, 9.17) is 13.9 Å². The van der Waals surface area contributed by atoms with Crippen LogP contribution in [0.5, 0.6) is 11.5 Å². The molecule has 1 N–H and O–H groups in total. The van der Waals surface area contributed by atoms with Gasteiger partial charge in [-0.3, -0.25) is 9.59 Å². The normalized spacial score (nSPS) is 11.8. The number of carbonyl (C=O) groups is 2. The van der Waals surface area contributed by atoms with Crippen LogP contribution in [0, 0.1) is 6.92 Å². The van der Waals surface area contributed by atoms with Crippen molar-refractivity contribution in [1.82, 2.24) is 5.32 Å². The summed E-state index contributed by atoms with van der Waals surface area (Å²) < 4.78 is 16.1. The molecule has 0 atom stereocenters. The van der Waals surface area contributed by atoms with Crippen molar-refractivity contribution in [3.63, 3.8) is 0 Å². The van der Waals surface area contributed by atoms with Gasteiger partial charge in [-0.15, -0.1) is 0 Å². The van der Waals surface area contributed by atoms with Gasteiger partial charge in [0.05, 0.1) is 19.2 Å². The fraction of sp³-hybridized carbons (Fsp3) is 0.172. The third-order valence-electron chi connectivity index (χ3n) is 5.98. The van der Waals surface area contributed by atoms with Crippen molar-refractivity contribution in [2.45, 2.75) is 26.4 Å². The van der Waals surface area contributed by atoms with E-state index < -0.39 is 0 Å². The first-order chi connectivity index (χ1) is 17.5. The highest BCUT2D eigenvalue weighted by atomic mass is 16.7. The Morgan fingerprint density at radius 3 is 2.33 bits per heavy atom. The standard InChI is InChI=1S/C29H26N2O5/c1-20-4-6-22(7-5-20)18-31(29(33)26-3-2-14-34-26)24-11-8-21(9-12-24)16-28(32)30-17-23-10-13-25-27(15-23)36-19-35-25/h2-15H,16-19H2,1H3,(H,30,32). The number of rotatable bonds is 8. The quantitative estimate of drug-likeness (QED) is 0.381. The fourth-order valence-electron chi connectivity index (χ4n) is 3.98. The number of hydrogen-bond acceptors (Lipinski definition) is 5. The van der Waals surface area contributed by atoms with Gasteiger partial charge in [-0.05, 0) is 60.0 Å². The Morgan fingerprint density at radius 2 is 1.58 bits per heavy atom. The molecule has 1 aliphatic rings. The van der Waals surface area contributed by atoms with Crippen LogP contribution in [0.3, 0.4) is 0 Å². The number of furan rings is 1. The highest BCUT2D eigenvalue weighted by Crippen LogP contribution is 2.32. The predicted octanol–water partition coefficient (Wildman–Crippen LogP) is 5.02. The number of ether oxygens (including phenoxy) is 2. The van der Waals surface area contributed by atoms with Crippen LogP contribution < -0.4 is 19.7 Å². The van der Waals surface area contributed by atoms with E-state index in [9.17, 15) is 9.59 Å². The molecule has 0 aliphatic carbocycles. The molecule has 0 saturated heterocycles. The molecule has 1 aromatic heterocycles. The number of aryl methyl sites for hydroxylation is 1. The van der Waals surface area contributed by atoms with Crippen LogP contribution in [0.4, 0.5) is 5.69 Å². The van der Waals surface area contributed by atoms with E-state index >= 15 is 0 Å². The third kappa shape index (κ3) is 5.41. The van der Waals surface area contributed by atoms with Gasteiger partial charge in [0, 0.05) is 12.2 Å². The van der Waals surface area contributed by atoms with Crippen LogP contribution in [-0.4, -0.2) is 18.6 Å². The Hall–Kier alpha value is -4.52. The van der Waals surface area contributed by atoms with Crippen LogP contribution in [0.25, 0.3) is 0 Å². The highest BCUT2D eigenvalue weighted by Gasteiger charge is 2.21. The summed E-state index contributed by atoms with van der Waals surface area (Å²) in [5, 5.41) is 2.94. The minimum atomic E-state index is -0.227. The maximum Gasteiger partial charge on any atom is 0.294 e. The second-order valence-corrected chi connectivity index (χ2v) is 8.66. The Morgan fingerprint density at radius 1 is 0.861 bits per heavy atom. The van der Waals surface area contributed by atoms with E-state index in [1.165, 1.54) is 6.26 Å². The van der Waals surface area contributed by atoms with Crippen molar-refractivity contribution in [3.8, 4) is 11.5 Å². The van der Waals surface area contributed by atoms with Gasteiger partial charge in [0.25, 0.3) is 5.91 Å². The molecular weight excluding hydrogens is 456 g/mol. The lowest BCUT2D eigenvalue weighted by Crippen LogP contribution is -2.30. The monoisotopic (exact) mass is 482 g/mol. The molecule has 36 heavy (non-hydrogen) atoms. The molecule has 5 rings (SSSR count). The number of nitrogens with zero attached hydrogens (tertiary/aromatic N) is 1. The summed E-state index contributed by atoms with van der Waals surface area (Å²) >= 11 is 0. The molecule has 4 aromatic rings. The van der Waals surface area contributed by atoms with Crippen LogP contribution in [-0.2, 0) is 24.3 Å². The zero-order valence-electron chi connectivity index (χ0n) is 19.9. The zero-order valence-corrected chi connectivity index (χ0v) is 19.9. The molecule has 0 fully saturated rings. The highest BCUT2D eigenvalue weighted by molar-refractivity contribution is 6.04. The Labute approximate surface area is 209 Å². The lowest BCUT2D eigenvalue weighted by molar-refractivity contribution is -0.120. The number of benzene rings is 3. The molecule has 3 aromatic carbocycles. The molecule has 7 nitrogen and oxygen atoms in total. The summed E-state index contributed by atoms with van der Waals surface area (Å²) in [6.07, 6.45) is 1.72. The summed E-state index contributed by atoms with van der Waals surface area (Å²) in [6, 6.07) is 24.5. The van der Waals surface area contributed by atoms with Gasteiger partial charge < -0.3 is 24.1 Å². The second kappa shape index (κ2) is 10.4. The average Bonchev–Trinajstić information content (AvgIpc) is 3.60. The van der Waals surface area contributed by atoms with Crippen molar-refractivity contribution in [2.75, 3.05) is 11.7 Å². The van der Waals surface area contributed by atoms with Gasteiger partial charge in [0.1, 0.15) is 0 Å². The van der Waals surface area contributed by atoms with Gasteiger partial charge in [-0.2, -0.15) is 0 Å². The maximum atomic E-state index is 13.2. The molecule has 0 spiro atoms. The van der Waals surface area contributed by atoms with Crippen LogP contribution >= 0.6 is 0 Å². The fourth-order valence-corrected chi connectivity index (χ4v) is 3.98. The smallest absolute Gasteiger partial charge is 0.294 e. The second-order valence-electron chi connectivity index (χ2n) is 8.66. The van der Waals surface area contributed by atoms with Gasteiger partial charge in [-0.25, -0.2) is 0 Å². The number of amides is 2. The molecule has 0 saturated carbocycles. The number of hydrogen-bond donors (Lipinski definition) is 1. The van der Waals surface area contributed by atoms with Crippen molar-refractivity contribution in [1.29, 1.82) is 0 Å². The Kier molecular flexibility index (Phi) is 6.71. The van der Waals surface area contributed by atoms with Gasteiger partial charge >= 0.3 is 0 Å². The van der Waals surface area contributed by atoms with E-state index in [1.54, 1.807) is 17.0 Å². The Bertz CT molecular complexity index is 1350. The topological polar surface area (TPSA) is 81.0 Å². The average molecular weight is 483 g/mol. The van der Waals surface area contributed by atoms with Crippen molar-refractivity contribution in [2.24, 2.45) is 0 Å². The summed E-state index contributed by atoms with van der Waals surface area (Å²) in [5.74, 6) is 1.36.